The Morgan fingerprint density at radius 2 is 2.15 bits per heavy atom. The summed E-state index contributed by atoms with van der Waals surface area (Å²) >= 11 is 1.47. The van der Waals surface area contributed by atoms with E-state index in [1.807, 2.05) is 18.2 Å². The molecule has 0 bridgehead atoms. The van der Waals surface area contributed by atoms with Crippen molar-refractivity contribution in [1.82, 2.24) is 10.3 Å². The number of benzene rings is 1. The third-order valence-corrected chi connectivity index (χ3v) is 7.81. The van der Waals surface area contributed by atoms with E-state index in [1.165, 1.54) is 23.2 Å². The van der Waals surface area contributed by atoms with E-state index in [2.05, 4.69) is 28.5 Å². The van der Waals surface area contributed by atoms with Gasteiger partial charge < -0.3 is 19.5 Å². The monoisotopic (exact) mass is 478 g/mol. The quantitative estimate of drug-likeness (QED) is 0.467. The number of fused-ring (bicyclic) bond motifs is 1. The highest BCUT2D eigenvalue weighted by Crippen LogP contribution is 2.33. The number of hydrogen-bond donors (Lipinski definition) is 1. The Balaban J connectivity index is 1.21. The molecule has 1 unspecified atom stereocenters. The highest BCUT2D eigenvalue weighted by molar-refractivity contribution is 7.20. The predicted octanol–water partition coefficient (Wildman–Crippen LogP) is 6.03. The number of Topliss-reactive ketones (excluding diaryl/α,β-unsaturated/α-hetero) is 1. The molecule has 0 spiro atoms. The maximum absolute atomic E-state index is 13.2. The van der Waals surface area contributed by atoms with Crippen LogP contribution in [0.2, 0.25) is 0 Å². The molecule has 2 aromatic rings. The number of allylic oxidation sites excluding steroid dienone is 3. The van der Waals surface area contributed by atoms with Gasteiger partial charge in [-0.2, -0.15) is 0 Å². The van der Waals surface area contributed by atoms with Crippen LogP contribution in [-0.4, -0.2) is 30.0 Å². The van der Waals surface area contributed by atoms with Gasteiger partial charge in [-0.25, -0.2) is 4.98 Å². The molecule has 5 rings (SSSR count). The van der Waals surface area contributed by atoms with Gasteiger partial charge in [0.15, 0.2) is 16.6 Å². The fourth-order valence-electron chi connectivity index (χ4n) is 4.88. The predicted molar refractivity (Wildman–Crippen MR) is 134 cm³/mol. The second-order valence-electron chi connectivity index (χ2n) is 9.03. The van der Waals surface area contributed by atoms with Crippen LogP contribution in [0.25, 0.3) is 10.2 Å². The van der Waals surface area contributed by atoms with Gasteiger partial charge in [0.05, 0.1) is 23.4 Å². The minimum atomic E-state index is 0.0292. The number of ether oxygens (including phenoxy) is 3. The van der Waals surface area contributed by atoms with E-state index in [4.69, 9.17) is 14.2 Å². The molecule has 34 heavy (non-hydrogen) atoms. The Morgan fingerprint density at radius 3 is 2.88 bits per heavy atom. The Morgan fingerprint density at radius 1 is 1.26 bits per heavy atom. The fraction of sp³-hybridized carbons (Fsp3) is 0.407. The van der Waals surface area contributed by atoms with Crippen molar-refractivity contribution in [3.8, 4) is 5.75 Å². The summed E-state index contributed by atoms with van der Waals surface area (Å²) in [6, 6.07) is 6.14. The van der Waals surface area contributed by atoms with Gasteiger partial charge in [0.2, 0.25) is 0 Å². The number of methoxy groups -OCH3 is 1. The molecular formula is C27H30N2O4S. The molecule has 1 saturated carbocycles. The number of aromatic nitrogens is 1. The van der Waals surface area contributed by atoms with Crippen LogP contribution >= 0.6 is 11.3 Å². The average molecular weight is 479 g/mol. The molecule has 6 nitrogen and oxygen atoms in total. The lowest BCUT2D eigenvalue weighted by atomic mass is 9.83. The Kier molecular flexibility index (Phi) is 7.11. The number of nitrogens with zero attached hydrogens (tertiary/aromatic N) is 1. The number of carbonyl (C=O) groups is 1. The summed E-state index contributed by atoms with van der Waals surface area (Å²) in [7, 11) is 1.65. The van der Waals surface area contributed by atoms with Gasteiger partial charge in [-0.1, -0.05) is 23.8 Å². The molecule has 2 heterocycles. The van der Waals surface area contributed by atoms with Gasteiger partial charge in [-0.3, -0.25) is 4.79 Å². The zero-order valence-electron chi connectivity index (χ0n) is 19.4. The standard InChI is InChI=1S/C27H30N2O4S/c1-31-21-11-12-22-25(16-21)34-27(29-22)26(30)19-7-9-20(10-8-19)28-23(24-17-32-13-14-33-24)15-18-5-3-2-4-6-18/h2-3,5,11-14,16-17,19-20,23,28H,4,6-10,15H2,1H3. The highest BCUT2D eigenvalue weighted by atomic mass is 32.1. The zero-order chi connectivity index (χ0) is 23.3. The molecule has 0 radical (unpaired) electrons. The van der Waals surface area contributed by atoms with Gasteiger partial charge in [0, 0.05) is 12.0 Å². The van der Waals surface area contributed by atoms with Gasteiger partial charge in [-0.05, 0) is 63.1 Å². The van der Waals surface area contributed by atoms with Gasteiger partial charge in [0.1, 0.15) is 24.5 Å². The van der Waals surface area contributed by atoms with Gasteiger partial charge in [-0.15, -0.1) is 11.3 Å². The maximum Gasteiger partial charge on any atom is 0.194 e. The molecule has 1 aromatic heterocycles. The van der Waals surface area contributed by atoms with Crippen LogP contribution in [-0.2, 0) is 9.47 Å². The summed E-state index contributed by atoms with van der Waals surface area (Å²) in [6.45, 7) is 0. The molecule has 178 valence electrons. The minimum absolute atomic E-state index is 0.0292. The van der Waals surface area contributed by atoms with Crippen molar-refractivity contribution in [3.05, 3.63) is 71.6 Å². The molecule has 0 amide bonds. The van der Waals surface area contributed by atoms with Crippen LogP contribution in [0.4, 0.5) is 0 Å². The van der Waals surface area contributed by atoms with Crippen molar-refractivity contribution in [2.24, 2.45) is 5.92 Å². The third kappa shape index (κ3) is 5.26. The molecule has 1 aromatic carbocycles. The van der Waals surface area contributed by atoms with Gasteiger partial charge >= 0.3 is 0 Å². The van der Waals surface area contributed by atoms with E-state index in [0.717, 1.165) is 66.7 Å². The SMILES string of the molecule is COc1ccc2nc(C(=O)C3CCC(NC(CC4=CC=CCC4)C4=COC=CO4)CC3)sc2c1. The number of ketones is 1. The van der Waals surface area contributed by atoms with E-state index in [-0.39, 0.29) is 17.7 Å². The maximum atomic E-state index is 13.2. The molecule has 7 heteroatoms. The summed E-state index contributed by atoms with van der Waals surface area (Å²) in [5.41, 5.74) is 2.27. The van der Waals surface area contributed by atoms with E-state index in [9.17, 15) is 4.79 Å². The second-order valence-corrected chi connectivity index (χ2v) is 10.1. The van der Waals surface area contributed by atoms with E-state index in [0.29, 0.717) is 11.0 Å². The van der Waals surface area contributed by atoms with Crippen LogP contribution in [0, 0.1) is 5.92 Å². The topological polar surface area (TPSA) is 69.7 Å². The van der Waals surface area contributed by atoms with Crippen LogP contribution in [0.5, 0.6) is 5.75 Å². The van der Waals surface area contributed by atoms with Crippen LogP contribution in [0.15, 0.2) is 66.5 Å². The highest BCUT2D eigenvalue weighted by Gasteiger charge is 2.31. The smallest absolute Gasteiger partial charge is 0.194 e. The summed E-state index contributed by atoms with van der Waals surface area (Å²) in [6.07, 6.45) is 18.1. The summed E-state index contributed by atoms with van der Waals surface area (Å²) in [5.74, 6) is 1.79. The van der Waals surface area contributed by atoms with E-state index < -0.39 is 0 Å². The lowest BCUT2D eigenvalue weighted by Crippen LogP contribution is -2.43. The molecule has 1 aliphatic heterocycles. The molecule has 2 aliphatic carbocycles. The van der Waals surface area contributed by atoms with Crippen LogP contribution in [0.3, 0.4) is 0 Å². The molecular weight excluding hydrogens is 448 g/mol. The number of hydrogen-bond acceptors (Lipinski definition) is 7. The fourth-order valence-corrected chi connectivity index (χ4v) is 5.89. The van der Waals surface area contributed by atoms with Crippen LogP contribution < -0.4 is 10.1 Å². The van der Waals surface area contributed by atoms with Crippen LogP contribution in [0.1, 0.15) is 54.7 Å². The van der Waals surface area contributed by atoms with E-state index >= 15 is 0 Å². The summed E-state index contributed by atoms with van der Waals surface area (Å²) in [4.78, 5) is 17.8. The molecule has 1 fully saturated rings. The normalized spacial score (nSPS) is 23.0. The first-order valence-electron chi connectivity index (χ1n) is 12.0. The van der Waals surface area contributed by atoms with Gasteiger partial charge in [0.25, 0.3) is 0 Å². The number of thiazole rings is 1. The lowest BCUT2D eigenvalue weighted by Gasteiger charge is -2.32. The average Bonchev–Trinajstić information content (AvgIpc) is 3.33. The first-order valence-corrected chi connectivity index (χ1v) is 12.8. The van der Waals surface area contributed by atoms with E-state index in [1.54, 1.807) is 19.6 Å². The van der Waals surface area contributed by atoms with Crippen molar-refractivity contribution in [3.63, 3.8) is 0 Å². The molecule has 0 saturated heterocycles. The Labute approximate surface area is 204 Å². The second kappa shape index (κ2) is 10.6. The van der Waals surface area contributed by atoms with Crippen molar-refractivity contribution in [1.29, 1.82) is 0 Å². The number of rotatable bonds is 8. The number of carbonyl (C=O) groups excluding carboxylic acids is 1. The van der Waals surface area contributed by atoms with Crippen molar-refractivity contribution in [2.75, 3.05) is 7.11 Å². The lowest BCUT2D eigenvalue weighted by molar-refractivity contribution is 0.0876. The molecule has 1 atom stereocenters. The zero-order valence-corrected chi connectivity index (χ0v) is 20.2. The number of nitrogens with one attached hydrogen (secondary N) is 1. The largest absolute Gasteiger partial charge is 0.497 e. The minimum Gasteiger partial charge on any atom is -0.497 e. The first kappa shape index (κ1) is 22.9. The molecule has 3 aliphatic rings. The summed E-state index contributed by atoms with van der Waals surface area (Å²) in [5, 5.41) is 4.41. The Bertz CT molecular complexity index is 1150. The first-order chi connectivity index (χ1) is 16.7. The van der Waals surface area contributed by atoms with Crippen molar-refractivity contribution in [2.45, 2.75) is 57.0 Å². The Hall–Kier alpha value is -2.90. The summed E-state index contributed by atoms with van der Waals surface area (Å²) < 4.78 is 17.4. The van der Waals surface area contributed by atoms with Crippen molar-refractivity contribution >= 4 is 27.3 Å². The molecule has 1 N–H and O–H groups in total. The van der Waals surface area contributed by atoms with Crippen molar-refractivity contribution < 1.29 is 19.0 Å². The third-order valence-electron chi connectivity index (χ3n) is 6.77.